The molecule has 0 aliphatic heterocycles. The lowest BCUT2D eigenvalue weighted by molar-refractivity contribution is -0.123. The number of amides is 1. The van der Waals surface area contributed by atoms with Crippen LogP contribution in [0.25, 0.3) is 10.9 Å². The molecule has 150 valence electrons. The fourth-order valence-electron chi connectivity index (χ4n) is 2.82. The van der Waals surface area contributed by atoms with Gasteiger partial charge in [0.2, 0.25) is 0 Å². The SMILES string of the molecule is O=Cc1ccc(OCC(=O)NCCCCNc2ccnc3cc(Cl)ccc23)cc1. The Morgan fingerprint density at radius 2 is 1.86 bits per heavy atom. The number of nitrogens with zero attached hydrogens (tertiary/aromatic N) is 1. The van der Waals surface area contributed by atoms with Crippen molar-refractivity contribution in [2.45, 2.75) is 12.8 Å². The second kappa shape index (κ2) is 10.4. The van der Waals surface area contributed by atoms with Crippen molar-refractivity contribution in [1.82, 2.24) is 10.3 Å². The van der Waals surface area contributed by atoms with Crippen LogP contribution < -0.4 is 15.4 Å². The minimum absolute atomic E-state index is 0.0513. The van der Waals surface area contributed by atoms with E-state index in [4.69, 9.17) is 16.3 Å². The maximum absolute atomic E-state index is 11.8. The highest BCUT2D eigenvalue weighted by atomic mass is 35.5. The standard InChI is InChI=1S/C22H22ClN3O3/c23-17-5-8-19-20(9-12-25-21(19)13-17)24-10-1-2-11-26-22(28)15-29-18-6-3-16(14-27)4-7-18/h3-9,12-14H,1-2,10-11,15H2,(H,24,25)(H,26,28). The lowest BCUT2D eigenvalue weighted by Crippen LogP contribution is -2.29. The highest BCUT2D eigenvalue weighted by Crippen LogP contribution is 2.24. The van der Waals surface area contributed by atoms with Crippen molar-refractivity contribution < 1.29 is 14.3 Å². The van der Waals surface area contributed by atoms with Gasteiger partial charge in [0.05, 0.1) is 5.52 Å². The molecule has 0 atom stereocenters. The first-order valence-corrected chi connectivity index (χ1v) is 9.76. The zero-order valence-electron chi connectivity index (χ0n) is 15.9. The second-order valence-electron chi connectivity index (χ2n) is 6.48. The first-order valence-electron chi connectivity index (χ1n) is 9.38. The van der Waals surface area contributed by atoms with Crippen molar-refractivity contribution in [2.75, 3.05) is 25.0 Å². The van der Waals surface area contributed by atoms with E-state index in [1.165, 1.54) is 0 Å². The van der Waals surface area contributed by atoms with E-state index < -0.39 is 0 Å². The van der Waals surface area contributed by atoms with Crippen LogP contribution in [0.5, 0.6) is 5.75 Å². The minimum Gasteiger partial charge on any atom is -0.484 e. The number of nitrogens with one attached hydrogen (secondary N) is 2. The number of carbonyl (C=O) groups is 2. The van der Waals surface area contributed by atoms with Crippen LogP contribution in [-0.2, 0) is 4.79 Å². The molecule has 0 aliphatic carbocycles. The smallest absolute Gasteiger partial charge is 0.257 e. The number of hydrogen-bond donors (Lipinski definition) is 2. The molecule has 0 aliphatic rings. The lowest BCUT2D eigenvalue weighted by atomic mass is 10.2. The summed E-state index contributed by atoms with van der Waals surface area (Å²) in [6, 6.07) is 14.2. The fraction of sp³-hybridized carbons (Fsp3) is 0.227. The Kier molecular flexibility index (Phi) is 7.41. The molecule has 0 saturated heterocycles. The summed E-state index contributed by atoms with van der Waals surface area (Å²) in [5, 5.41) is 7.94. The Morgan fingerprint density at radius 3 is 2.66 bits per heavy atom. The third kappa shape index (κ3) is 6.19. The van der Waals surface area contributed by atoms with Crippen LogP contribution in [0.3, 0.4) is 0 Å². The molecule has 1 heterocycles. The van der Waals surface area contributed by atoms with Crippen molar-refractivity contribution in [3.8, 4) is 5.75 Å². The van der Waals surface area contributed by atoms with Gasteiger partial charge in [-0.05, 0) is 61.4 Å². The molecule has 0 unspecified atom stereocenters. The van der Waals surface area contributed by atoms with Crippen LogP contribution in [0.2, 0.25) is 5.02 Å². The number of carbonyl (C=O) groups excluding carboxylic acids is 2. The minimum atomic E-state index is -0.172. The third-order valence-corrected chi connectivity index (χ3v) is 4.57. The number of aldehydes is 1. The van der Waals surface area contributed by atoms with Gasteiger partial charge < -0.3 is 15.4 Å². The molecule has 0 radical (unpaired) electrons. The Hall–Kier alpha value is -3.12. The molecule has 3 aromatic rings. The van der Waals surface area contributed by atoms with Gasteiger partial charge in [-0.2, -0.15) is 0 Å². The van der Waals surface area contributed by atoms with Gasteiger partial charge in [0.1, 0.15) is 12.0 Å². The molecule has 7 heteroatoms. The number of ether oxygens (including phenoxy) is 1. The van der Waals surface area contributed by atoms with Crippen LogP contribution in [0.1, 0.15) is 23.2 Å². The second-order valence-corrected chi connectivity index (χ2v) is 6.92. The molecular weight excluding hydrogens is 390 g/mol. The highest BCUT2D eigenvalue weighted by Gasteiger charge is 2.04. The largest absolute Gasteiger partial charge is 0.484 e. The summed E-state index contributed by atoms with van der Waals surface area (Å²) in [5.74, 6) is 0.384. The van der Waals surface area contributed by atoms with E-state index in [1.807, 2.05) is 24.3 Å². The van der Waals surface area contributed by atoms with Crippen LogP contribution in [0, 0.1) is 0 Å². The normalized spacial score (nSPS) is 10.5. The van der Waals surface area contributed by atoms with Crippen molar-refractivity contribution in [3.05, 3.63) is 65.3 Å². The number of hydrogen-bond acceptors (Lipinski definition) is 5. The first kappa shape index (κ1) is 20.6. The van der Waals surface area contributed by atoms with Gasteiger partial charge in [-0.3, -0.25) is 14.6 Å². The number of anilines is 1. The van der Waals surface area contributed by atoms with Gasteiger partial charge in [-0.15, -0.1) is 0 Å². The Balaban J connectivity index is 1.32. The Labute approximate surface area is 174 Å². The summed E-state index contributed by atoms with van der Waals surface area (Å²) >= 11 is 6.01. The number of unbranched alkanes of at least 4 members (excludes halogenated alkanes) is 1. The first-order chi connectivity index (χ1) is 14.2. The number of fused-ring (bicyclic) bond motifs is 1. The van der Waals surface area contributed by atoms with Crippen LogP contribution in [0.4, 0.5) is 5.69 Å². The number of halogens is 1. The molecule has 3 rings (SSSR count). The third-order valence-electron chi connectivity index (χ3n) is 4.33. The van der Waals surface area contributed by atoms with E-state index in [2.05, 4.69) is 15.6 Å². The lowest BCUT2D eigenvalue weighted by Gasteiger charge is -2.10. The summed E-state index contributed by atoms with van der Waals surface area (Å²) in [7, 11) is 0. The van der Waals surface area contributed by atoms with Crippen molar-refractivity contribution >= 4 is 40.4 Å². The predicted molar refractivity (Wildman–Crippen MR) is 115 cm³/mol. The van der Waals surface area contributed by atoms with Gasteiger partial charge in [0, 0.05) is 40.9 Å². The van der Waals surface area contributed by atoms with E-state index in [-0.39, 0.29) is 12.5 Å². The van der Waals surface area contributed by atoms with Gasteiger partial charge in [0.15, 0.2) is 6.61 Å². The molecule has 2 aromatic carbocycles. The van der Waals surface area contributed by atoms with Crippen LogP contribution >= 0.6 is 11.6 Å². The molecular formula is C22H22ClN3O3. The van der Waals surface area contributed by atoms with E-state index in [0.29, 0.717) is 22.9 Å². The van der Waals surface area contributed by atoms with E-state index in [0.717, 1.165) is 42.3 Å². The van der Waals surface area contributed by atoms with Gasteiger partial charge >= 0.3 is 0 Å². The quantitative estimate of drug-likeness (QED) is 0.388. The summed E-state index contributed by atoms with van der Waals surface area (Å²) in [4.78, 5) is 26.8. The van der Waals surface area contributed by atoms with E-state index in [1.54, 1.807) is 30.5 Å². The van der Waals surface area contributed by atoms with Gasteiger partial charge in [0.25, 0.3) is 5.91 Å². The molecule has 0 spiro atoms. The Bertz CT molecular complexity index is 977. The highest BCUT2D eigenvalue weighted by molar-refractivity contribution is 6.31. The fourth-order valence-corrected chi connectivity index (χ4v) is 2.99. The monoisotopic (exact) mass is 411 g/mol. The molecule has 1 aromatic heterocycles. The van der Waals surface area contributed by atoms with Crippen molar-refractivity contribution in [2.24, 2.45) is 0 Å². The zero-order chi connectivity index (χ0) is 20.5. The maximum Gasteiger partial charge on any atom is 0.257 e. The average molecular weight is 412 g/mol. The number of pyridine rings is 1. The Morgan fingerprint density at radius 1 is 1.07 bits per heavy atom. The van der Waals surface area contributed by atoms with Crippen LogP contribution in [0.15, 0.2) is 54.7 Å². The summed E-state index contributed by atoms with van der Waals surface area (Å²) < 4.78 is 5.40. The molecule has 6 nitrogen and oxygen atoms in total. The van der Waals surface area contributed by atoms with E-state index in [9.17, 15) is 9.59 Å². The van der Waals surface area contributed by atoms with E-state index >= 15 is 0 Å². The predicted octanol–water partition coefficient (Wildman–Crippen LogP) is 4.09. The molecule has 29 heavy (non-hydrogen) atoms. The molecule has 1 amide bonds. The molecule has 0 saturated carbocycles. The topological polar surface area (TPSA) is 80.3 Å². The number of aromatic nitrogens is 1. The zero-order valence-corrected chi connectivity index (χ0v) is 16.6. The molecule has 2 N–H and O–H groups in total. The summed E-state index contributed by atoms with van der Waals surface area (Å²) in [5.41, 5.74) is 2.44. The average Bonchev–Trinajstić information content (AvgIpc) is 2.74. The number of rotatable bonds is 10. The van der Waals surface area contributed by atoms with Crippen molar-refractivity contribution in [1.29, 1.82) is 0 Å². The van der Waals surface area contributed by atoms with Crippen molar-refractivity contribution in [3.63, 3.8) is 0 Å². The van der Waals surface area contributed by atoms with Crippen LogP contribution in [-0.4, -0.2) is 36.9 Å². The summed E-state index contributed by atoms with van der Waals surface area (Å²) in [6.07, 6.45) is 4.28. The summed E-state index contributed by atoms with van der Waals surface area (Å²) in [6.45, 7) is 1.32. The van der Waals surface area contributed by atoms with Gasteiger partial charge in [-0.25, -0.2) is 0 Å². The maximum atomic E-state index is 11.8. The van der Waals surface area contributed by atoms with Gasteiger partial charge in [-0.1, -0.05) is 11.6 Å². The number of benzene rings is 2. The molecule has 0 bridgehead atoms. The molecule has 0 fully saturated rings.